The van der Waals surface area contributed by atoms with E-state index in [1.807, 2.05) is 19.9 Å². The highest BCUT2D eigenvalue weighted by molar-refractivity contribution is 7.92. The first-order valence-corrected chi connectivity index (χ1v) is 16.0. The number of amides is 2. The number of aryl methyl sites for hydroxylation is 2. The fourth-order valence-corrected chi connectivity index (χ4v) is 6.90. The third-order valence-corrected chi connectivity index (χ3v) is 9.62. The largest absolute Gasteiger partial charge is 0.493 e. The number of hydrogen-bond acceptors (Lipinski definition) is 6. The minimum atomic E-state index is -4.32. The third kappa shape index (κ3) is 7.68. The van der Waals surface area contributed by atoms with Crippen molar-refractivity contribution in [1.29, 1.82) is 0 Å². The van der Waals surface area contributed by atoms with Crippen molar-refractivity contribution in [3.05, 3.63) is 83.2 Å². The first-order chi connectivity index (χ1) is 20.9. The molecule has 0 saturated heterocycles. The SMILES string of the molecule is COc1ccc(S(=O)(=O)N(CC(=O)N(Cc2ccc(F)cc2)[C@H](C)C(=O)NC2CCCC2)c2cc(C)cc(C)c2)cc1OC. The average molecular weight is 626 g/mol. The Balaban J connectivity index is 1.74. The molecule has 0 unspecified atom stereocenters. The van der Waals surface area contributed by atoms with E-state index < -0.39 is 34.3 Å². The summed E-state index contributed by atoms with van der Waals surface area (Å²) in [5.41, 5.74) is 2.52. The maximum atomic E-state index is 14.2. The van der Waals surface area contributed by atoms with Crippen molar-refractivity contribution in [3.8, 4) is 11.5 Å². The van der Waals surface area contributed by atoms with E-state index in [9.17, 15) is 22.4 Å². The van der Waals surface area contributed by atoms with Crippen LogP contribution in [0.5, 0.6) is 11.5 Å². The van der Waals surface area contributed by atoms with Gasteiger partial charge in [-0.25, -0.2) is 12.8 Å². The van der Waals surface area contributed by atoms with Crippen LogP contribution in [0.3, 0.4) is 0 Å². The van der Waals surface area contributed by atoms with Gasteiger partial charge in [0.25, 0.3) is 10.0 Å². The van der Waals surface area contributed by atoms with E-state index in [1.165, 1.54) is 49.5 Å². The van der Waals surface area contributed by atoms with Gasteiger partial charge in [-0.1, -0.05) is 31.0 Å². The molecule has 3 aromatic rings. The van der Waals surface area contributed by atoms with Crippen molar-refractivity contribution in [2.24, 2.45) is 0 Å². The highest BCUT2D eigenvalue weighted by Gasteiger charge is 2.34. The second-order valence-corrected chi connectivity index (χ2v) is 13.1. The summed E-state index contributed by atoms with van der Waals surface area (Å²) in [4.78, 5) is 28.8. The zero-order valence-corrected chi connectivity index (χ0v) is 26.6. The Labute approximate surface area is 259 Å². The molecular weight excluding hydrogens is 585 g/mol. The van der Waals surface area contributed by atoms with Crippen molar-refractivity contribution in [1.82, 2.24) is 10.2 Å². The lowest BCUT2D eigenvalue weighted by Gasteiger charge is -2.32. The van der Waals surface area contributed by atoms with Crippen molar-refractivity contribution in [2.45, 2.75) is 70.0 Å². The Morgan fingerprint density at radius 1 is 0.932 bits per heavy atom. The number of carbonyl (C=O) groups is 2. The number of nitrogens with one attached hydrogen (secondary N) is 1. The summed E-state index contributed by atoms with van der Waals surface area (Å²) in [6, 6.07) is 14.3. The third-order valence-electron chi connectivity index (χ3n) is 7.85. The van der Waals surface area contributed by atoms with Gasteiger partial charge in [0.2, 0.25) is 11.8 Å². The van der Waals surface area contributed by atoms with Crippen LogP contribution in [0.1, 0.15) is 49.3 Å². The van der Waals surface area contributed by atoms with Gasteiger partial charge in [-0.05, 0) is 86.7 Å². The Morgan fingerprint density at radius 3 is 2.14 bits per heavy atom. The van der Waals surface area contributed by atoms with E-state index in [4.69, 9.17) is 9.47 Å². The molecule has 9 nitrogen and oxygen atoms in total. The zero-order valence-electron chi connectivity index (χ0n) is 25.8. The summed E-state index contributed by atoms with van der Waals surface area (Å²) in [5, 5.41) is 3.04. The van der Waals surface area contributed by atoms with Crippen LogP contribution in [0.15, 0.2) is 65.6 Å². The van der Waals surface area contributed by atoms with Crippen LogP contribution in [0.2, 0.25) is 0 Å². The maximum absolute atomic E-state index is 14.2. The van der Waals surface area contributed by atoms with Gasteiger partial charge >= 0.3 is 0 Å². The molecule has 0 aromatic heterocycles. The Kier molecular flexibility index (Phi) is 10.5. The number of nitrogens with zero attached hydrogens (tertiary/aromatic N) is 2. The molecule has 1 saturated carbocycles. The molecule has 1 aliphatic carbocycles. The number of hydrogen-bond donors (Lipinski definition) is 1. The Morgan fingerprint density at radius 2 is 1.55 bits per heavy atom. The lowest BCUT2D eigenvalue weighted by Crippen LogP contribution is -2.52. The van der Waals surface area contributed by atoms with Crippen LogP contribution in [-0.4, -0.2) is 58.0 Å². The second-order valence-electron chi connectivity index (χ2n) is 11.2. The van der Waals surface area contributed by atoms with Gasteiger partial charge < -0.3 is 19.7 Å². The first-order valence-electron chi connectivity index (χ1n) is 14.6. The van der Waals surface area contributed by atoms with Gasteiger partial charge in [0, 0.05) is 18.7 Å². The molecule has 1 fully saturated rings. The number of benzene rings is 3. The van der Waals surface area contributed by atoms with Crippen LogP contribution in [0.25, 0.3) is 0 Å². The molecule has 1 atom stereocenters. The molecule has 11 heteroatoms. The topological polar surface area (TPSA) is 105 Å². The van der Waals surface area contributed by atoms with Gasteiger partial charge in [0.05, 0.1) is 24.8 Å². The molecule has 0 spiro atoms. The van der Waals surface area contributed by atoms with Crippen LogP contribution in [0, 0.1) is 19.7 Å². The predicted octanol–water partition coefficient (Wildman–Crippen LogP) is 5.13. The summed E-state index contributed by atoms with van der Waals surface area (Å²) in [6.45, 7) is 4.71. The minimum absolute atomic E-state index is 0.0184. The van der Waals surface area contributed by atoms with Gasteiger partial charge in [-0.15, -0.1) is 0 Å². The quantitative estimate of drug-likeness (QED) is 0.299. The second kappa shape index (κ2) is 14.1. The van der Waals surface area contributed by atoms with E-state index in [-0.39, 0.29) is 29.1 Å². The molecule has 2 amide bonds. The summed E-state index contributed by atoms with van der Waals surface area (Å²) in [6.07, 6.45) is 3.79. The fourth-order valence-electron chi connectivity index (χ4n) is 5.49. The zero-order chi connectivity index (χ0) is 32.0. The lowest BCUT2D eigenvalue weighted by atomic mass is 10.1. The summed E-state index contributed by atoms with van der Waals surface area (Å²) >= 11 is 0. The number of anilines is 1. The number of carbonyl (C=O) groups excluding carboxylic acids is 2. The molecule has 44 heavy (non-hydrogen) atoms. The van der Waals surface area contributed by atoms with Crippen LogP contribution in [-0.2, 0) is 26.2 Å². The van der Waals surface area contributed by atoms with Crippen molar-refractivity contribution >= 4 is 27.5 Å². The Hall–Kier alpha value is -4.12. The van der Waals surface area contributed by atoms with E-state index in [0.717, 1.165) is 41.1 Å². The molecule has 0 aliphatic heterocycles. The molecule has 1 aliphatic rings. The summed E-state index contributed by atoms with van der Waals surface area (Å²) in [5.74, 6) is -0.774. The highest BCUT2D eigenvalue weighted by atomic mass is 32.2. The van der Waals surface area contributed by atoms with Crippen molar-refractivity contribution < 1.29 is 31.9 Å². The molecule has 236 valence electrons. The normalized spacial score (nSPS) is 14.1. The molecule has 1 N–H and O–H groups in total. The highest BCUT2D eigenvalue weighted by Crippen LogP contribution is 2.33. The minimum Gasteiger partial charge on any atom is -0.493 e. The molecular formula is C33H40FN3O6S. The van der Waals surface area contributed by atoms with Crippen LogP contribution < -0.4 is 19.1 Å². The lowest BCUT2D eigenvalue weighted by molar-refractivity contribution is -0.139. The summed E-state index contributed by atoms with van der Waals surface area (Å²) in [7, 11) is -1.46. The number of rotatable bonds is 12. The van der Waals surface area contributed by atoms with E-state index in [0.29, 0.717) is 17.0 Å². The molecule has 4 rings (SSSR count). The molecule has 3 aromatic carbocycles. The molecule has 0 bridgehead atoms. The number of ether oxygens (including phenoxy) is 2. The van der Waals surface area contributed by atoms with Gasteiger partial charge in [0.15, 0.2) is 11.5 Å². The Bertz CT molecular complexity index is 1570. The number of halogens is 1. The average Bonchev–Trinajstić information content (AvgIpc) is 3.51. The van der Waals surface area contributed by atoms with Gasteiger partial charge in [0.1, 0.15) is 18.4 Å². The van der Waals surface area contributed by atoms with Crippen LogP contribution >= 0.6 is 0 Å². The van der Waals surface area contributed by atoms with E-state index >= 15 is 0 Å². The maximum Gasteiger partial charge on any atom is 0.264 e. The monoisotopic (exact) mass is 625 g/mol. The molecule has 0 radical (unpaired) electrons. The predicted molar refractivity (Wildman–Crippen MR) is 167 cm³/mol. The smallest absolute Gasteiger partial charge is 0.264 e. The van der Waals surface area contributed by atoms with E-state index in [2.05, 4.69) is 5.32 Å². The molecule has 0 heterocycles. The van der Waals surface area contributed by atoms with E-state index in [1.54, 1.807) is 31.2 Å². The van der Waals surface area contributed by atoms with Gasteiger partial charge in [-0.3, -0.25) is 13.9 Å². The van der Waals surface area contributed by atoms with Crippen LogP contribution in [0.4, 0.5) is 10.1 Å². The fraction of sp³-hybridized carbons (Fsp3) is 0.394. The number of methoxy groups -OCH3 is 2. The summed E-state index contributed by atoms with van der Waals surface area (Å²) < 4.78 is 53.9. The van der Waals surface area contributed by atoms with Gasteiger partial charge in [-0.2, -0.15) is 0 Å². The first kappa shape index (κ1) is 32.8. The number of sulfonamides is 1. The van der Waals surface area contributed by atoms with Crippen molar-refractivity contribution in [3.63, 3.8) is 0 Å². The van der Waals surface area contributed by atoms with Crippen molar-refractivity contribution in [2.75, 3.05) is 25.1 Å². The standard InChI is InChI=1S/C33H40FN3O6S/c1-22-16-23(2)18-28(17-22)37(44(40,41)29-14-15-30(42-4)31(19-29)43-5)21-32(38)36(20-25-10-12-26(34)13-11-25)24(3)33(39)35-27-8-6-7-9-27/h10-19,24,27H,6-9,20-21H2,1-5H3,(H,35,39)/t24-/m1/s1.